The van der Waals surface area contributed by atoms with Crippen LogP contribution in [0.3, 0.4) is 0 Å². The number of carbonyl (C=O) groups excluding carboxylic acids is 1. The lowest BCUT2D eigenvalue weighted by molar-refractivity contribution is -0.116. The smallest absolute Gasteiger partial charge is 0.244 e. The van der Waals surface area contributed by atoms with Crippen LogP contribution >= 0.6 is 0 Å². The fraction of sp³-hybridized carbons (Fsp3) is 0.542. The van der Waals surface area contributed by atoms with Crippen LogP contribution < -0.4 is 5.32 Å². The summed E-state index contributed by atoms with van der Waals surface area (Å²) in [5, 5.41) is 7.21. The number of allylic oxidation sites excluding steroid dienone is 1. The zero-order valence-corrected chi connectivity index (χ0v) is 17.2. The molecule has 2 aromatic rings. The summed E-state index contributed by atoms with van der Waals surface area (Å²) in [6, 6.07) is 8.31. The van der Waals surface area contributed by atoms with Gasteiger partial charge in [0.1, 0.15) is 12.7 Å². The SMILES string of the molecule is C/C(=C\C(=O)NCc1ccc(Cn2cncn2)cc1)C12CC3CC(CC(C3)C1)C2. The summed E-state index contributed by atoms with van der Waals surface area (Å²) in [5.41, 5.74) is 3.91. The van der Waals surface area contributed by atoms with E-state index in [0.717, 1.165) is 23.3 Å². The number of nitrogens with one attached hydrogen (secondary N) is 1. The minimum atomic E-state index is 0.0462. The van der Waals surface area contributed by atoms with Crippen molar-refractivity contribution < 1.29 is 4.79 Å². The molecule has 1 aromatic heterocycles. The van der Waals surface area contributed by atoms with Gasteiger partial charge in [0.2, 0.25) is 5.91 Å². The van der Waals surface area contributed by atoms with E-state index in [1.807, 2.05) is 6.08 Å². The van der Waals surface area contributed by atoms with E-state index in [2.05, 4.69) is 46.6 Å². The van der Waals surface area contributed by atoms with Gasteiger partial charge in [0.05, 0.1) is 6.54 Å². The first-order valence-corrected chi connectivity index (χ1v) is 10.9. The molecule has 29 heavy (non-hydrogen) atoms. The summed E-state index contributed by atoms with van der Waals surface area (Å²) in [4.78, 5) is 16.6. The van der Waals surface area contributed by atoms with Crippen LogP contribution in [0.1, 0.15) is 56.6 Å². The second kappa shape index (κ2) is 7.43. The molecule has 1 heterocycles. The third kappa shape index (κ3) is 3.87. The zero-order valence-electron chi connectivity index (χ0n) is 17.2. The van der Waals surface area contributed by atoms with Crippen molar-refractivity contribution in [3.63, 3.8) is 0 Å². The van der Waals surface area contributed by atoms with Crippen molar-refractivity contribution in [1.82, 2.24) is 20.1 Å². The normalized spacial score (nSPS) is 30.5. The van der Waals surface area contributed by atoms with Crippen LogP contribution in [-0.2, 0) is 17.9 Å². The Morgan fingerprint density at radius 3 is 2.31 bits per heavy atom. The summed E-state index contributed by atoms with van der Waals surface area (Å²) >= 11 is 0. The Hall–Kier alpha value is -2.43. The second-order valence-corrected chi connectivity index (χ2v) is 9.65. The highest BCUT2D eigenvalue weighted by molar-refractivity contribution is 5.88. The third-order valence-electron chi connectivity index (χ3n) is 7.52. The average Bonchev–Trinajstić information content (AvgIpc) is 3.19. The molecule has 5 heteroatoms. The molecule has 4 aliphatic carbocycles. The van der Waals surface area contributed by atoms with Crippen LogP contribution in [0.25, 0.3) is 0 Å². The number of nitrogens with zero attached hydrogens (tertiary/aromatic N) is 3. The van der Waals surface area contributed by atoms with Crippen LogP contribution in [0.15, 0.2) is 48.6 Å². The monoisotopic (exact) mass is 390 g/mol. The predicted octanol–water partition coefficient (Wildman–Crippen LogP) is 4.11. The summed E-state index contributed by atoms with van der Waals surface area (Å²) in [7, 11) is 0. The third-order valence-corrected chi connectivity index (χ3v) is 7.52. The summed E-state index contributed by atoms with van der Waals surface area (Å²) in [6.07, 6.45) is 13.4. The van der Waals surface area contributed by atoms with E-state index in [1.54, 1.807) is 17.3 Å². The molecule has 0 aliphatic heterocycles. The molecule has 4 bridgehead atoms. The lowest BCUT2D eigenvalue weighted by atomic mass is 9.48. The van der Waals surface area contributed by atoms with Gasteiger partial charge in [-0.25, -0.2) is 9.67 Å². The van der Waals surface area contributed by atoms with Crippen molar-refractivity contribution in [2.24, 2.45) is 23.2 Å². The number of rotatable bonds is 6. The number of aromatic nitrogens is 3. The Labute approximate surface area is 172 Å². The van der Waals surface area contributed by atoms with Crippen LogP contribution in [0.2, 0.25) is 0 Å². The van der Waals surface area contributed by atoms with E-state index in [1.165, 1.54) is 49.7 Å². The molecule has 0 unspecified atom stereocenters. The maximum absolute atomic E-state index is 12.6. The molecule has 0 radical (unpaired) electrons. The molecule has 4 fully saturated rings. The topological polar surface area (TPSA) is 59.8 Å². The van der Waals surface area contributed by atoms with Gasteiger partial charge in [-0.3, -0.25) is 4.79 Å². The van der Waals surface area contributed by atoms with Crippen LogP contribution in [0.4, 0.5) is 0 Å². The number of hydrogen-bond acceptors (Lipinski definition) is 3. The largest absolute Gasteiger partial charge is 0.348 e. The van der Waals surface area contributed by atoms with Crippen molar-refractivity contribution in [1.29, 1.82) is 0 Å². The molecular formula is C24H30N4O. The minimum absolute atomic E-state index is 0.0462. The van der Waals surface area contributed by atoms with Gasteiger partial charge < -0.3 is 5.32 Å². The number of benzene rings is 1. The number of carbonyl (C=O) groups is 1. The van der Waals surface area contributed by atoms with Crippen LogP contribution in [-0.4, -0.2) is 20.7 Å². The molecule has 1 N–H and O–H groups in total. The van der Waals surface area contributed by atoms with E-state index < -0.39 is 0 Å². The number of amides is 1. The lowest BCUT2D eigenvalue weighted by Gasteiger charge is -2.57. The summed E-state index contributed by atoms with van der Waals surface area (Å²) in [6.45, 7) is 3.47. The lowest BCUT2D eigenvalue weighted by Crippen LogP contribution is -2.46. The first-order valence-electron chi connectivity index (χ1n) is 10.9. The first-order chi connectivity index (χ1) is 14.1. The Balaban J connectivity index is 1.18. The van der Waals surface area contributed by atoms with Gasteiger partial charge >= 0.3 is 0 Å². The highest BCUT2D eigenvalue weighted by Crippen LogP contribution is 2.62. The van der Waals surface area contributed by atoms with Gasteiger partial charge in [-0.05, 0) is 79.7 Å². The maximum atomic E-state index is 12.6. The molecule has 4 aliphatic rings. The molecule has 6 rings (SSSR count). The molecule has 1 aromatic carbocycles. The van der Waals surface area contributed by atoms with Crippen LogP contribution in [0, 0.1) is 23.2 Å². The first kappa shape index (κ1) is 18.6. The fourth-order valence-electron chi connectivity index (χ4n) is 6.45. The Kier molecular flexibility index (Phi) is 4.76. The Bertz CT molecular complexity index is 862. The van der Waals surface area contributed by atoms with E-state index in [0.29, 0.717) is 18.5 Å². The standard InChI is InChI=1S/C24H30N4O/c1-17(24-10-20-7-21(11-24)9-22(8-20)12-24)6-23(29)26-13-18-2-4-19(5-3-18)14-28-16-25-15-27-28/h2-6,15-16,20-22H,7-14H2,1H3,(H,26,29)/b17-6+. The van der Waals surface area contributed by atoms with Crippen molar-refractivity contribution in [3.8, 4) is 0 Å². The summed E-state index contributed by atoms with van der Waals surface area (Å²) < 4.78 is 1.80. The number of hydrogen-bond donors (Lipinski definition) is 1. The van der Waals surface area contributed by atoms with Gasteiger partial charge in [0.15, 0.2) is 0 Å². The maximum Gasteiger partial charge on any atom is 0.244 e. The minimum Gasteiger partial charge on any atom is -0.348 e. The second-order valence-electron chi connectivity index (χ2n) is 9.65. The summed E-state index contributed by atoms with van der Waals surface area (Å²) in [5.74, 6) is 2.76. The molecule has 0 spiro atoms. The van der Waals surface area contributed by atoms with Crippen LogP contribution in [0.5, 0.6) is 0 Å². The highest BCUT2D eigenvalue weighted by Gasteiger charge is 2.51. The van der Waals surface area contributed by atoms with Gasteiger partial charge in [0.25, 0.3) is 0 Å². The van der Waals surface area contributed by atoms with Crippen molar-refractivity contribution in [2.45, 2.75) is 58.5 Å². The van der Waals surface area contributed by atoms with E-state index >= 15 is 0 Å². The van der Waals surface area contributed by atoms with Crippen molar-refractivity contribution >= 4 is 5.91 Å². The van der Waals surface area contributed by atoms with E-state index in [4.69, 9.17) is 0 Å². The van der Waals surface area contributed by atoms with E-state index in [9.17, 15) is 4.79 Å². The van der Waals surface area contributed by atoms with Gasteiger partial charge in [-0.2, -0.15) is 5.10 Å². The fourth-order valence-corrected chi connectivity index (χ4v) is 6.45. The molecule has 1 amide bonds. The zero-order chi connectivity index (χ0) is 19.8. The predicted molar refractivity (Wildman–Crippen MR) is 112 cm³/mol. The van der Waals surface area contributed by atoms with Gasteiger partial charge in [-0.1, -0.05) is 29.8 Å². The van der Waals surface area contributed by atoms with Crippen molar-refractivity contribution in [3.05, 3.63) is 59.7 Å². The Morgan fingerprint density at radius 1 is 1.10 bits per heavy atom. The van der Waals surface area contributed by atoms with Crippen molar-refractivity contribution in [2.75, 3.05) is 0 Å². The van der Waals surface area contributed by atoms with E-state index in [-0.39, 0.29) is 5.91 Å². The van der Waals surface area contributed by atoms with Gasteiger partial charge in [-0.15, -0.1) is 0 Å². The molecule has 0 saturated heterocycles. The Morgan fingerprint density at radius 2 is 1.72 bits per heavy atom. The molecule has 4 saturated carbocycles. The molecule has 0 atom stereocenters. The van der Waals surface area contributed by atoms with Gasteiger partial charge in [0, 0.05) is 12.6 Å². The molecule has 152 valence electrons. The quantitative estimate of drug-likeness (QED) is 0.755. The molecule has 5 nitrogen and oxygen atoms in total. The average molecular weight is 391 g/mol. The highest BCUT2D eigenvalue weighted by atomic mass is 16.1. The molecular weight excluding hydrogens is 360 g/mol.